The second-order valence-electron chi connectivity index (χ2n) is 7.11. The third-order valence-electron chi connectivity index (χ3n) is 4.94. The van der Waals surface area contributed by atoms with Crippen LogP contribution in [0.25, 0.3) is 22.2 Å². The van der Waals surface area contributed by atoms with Gasteiger partial charge in [0.15, 0.2) is 23.1 Å². The van der Waals surface area contributed by atoms with Crippen LogP contribution < -0.4 is 15.0 Å². The first-order valence-electron chi connectivity index (χ1n) is 9.49. The molecule has 0 saturated heterocycles. The van der Waals surface area contributed by atoms with E-state index in [4.69, 9.17) is 9.47 Å². The van der Waals surface area contributed by atoms with Crippen LogP contribution >= 0.6 is 12.4 Å². The summed E-state index contributed by atoms with van der Waals surface area (Å²) in [5, 5.41) is 10.4. The number of phenolic OH excluding ortho intramolecular Hbond substituents is 1. The van der Waals surface area contributed by atoms with E-state index in [1.807, 2.05) is 0 Å². The minimum Gasteiger partial charge on any atom is -0.504 e. The number of ether oxygens (including phenoxy) is 2. The summed E-state index contributed by atoms with van der Waals surface area (Å²) in [6, 6.07) is 9.66. The summed E-state index contributed by atoms with van der Waals surface area (Å²) < 4.78 is 24.4. The largest absolute Gasteiger partial charge is 0.504 e. The van der Waals surface area contributed by atoms with Crippen molar-refractivity contribution in [2.45, 2.75) is 13.3 Å². The molecule has 4 aromatic rings. The van der Waals surface area contributed by atoms with E-state index in [2.05, 4.69) is 15.0 Å². The lowest BCUT2D eigenvalue weighted by Gasteiger charge is -2.10. The van der Waals surface area contributed by atoms with Crippen molar-refractivity contribution >= 4 is 23.3 Å². The Bertz CT molecular complexity index is 1340. The van der Waals surface area contributed by atoms with Gasteiger partial charge in [0.2, 0.25) is 0 Å². The summed E-state index contributed by atoms with van der Waals surface area (Å²) >= 11 is 0. The number of halogens is 2. The lowest BCUT2D eigenvalue weighted by Crippen LogP contribution is -2.12. The number of aryl methyl sites for hydroxylation is 1. The number of nitrogens with zero attached hydrogens (tertiary/aromatic N) is 2. The van der Waals surface area contributed by atoms with Crippen molar-refractivity contribution in [1.82, 2.24) is 15.0 Å². The zero-order valence-electron chi connectivity index (χ0n) is 17.6. The second kappa shape index (κ2) is 9.23. The van der Waals surface area contributed by atoms with Crippen LogP contribution in [0, 0.1) is 12.7 Å². The molecule has 4 rings (SSSR count). The number of rotatable bonds is 5. The summed E-state index contributed by atoms with van der Waals surface area (Å²) in [5.74, 6) is 0.270. The van der Waals surface area contributed by atoms with E-state index >= 15 is 0 Å². The number of benzene rings is 2. The smallest absolute Gasteiger partial charge is 0.258 e. The summed E-state index contributed by atoms with van der Waals surface area (Å²) in [6.45, 7) is 1.74. The number of hydrogen-bond donors (Lipinski definition) is 2. The number of phenols is 1. The molecule has 0 spiro atoms. The summed E-state index contributed by atoms with van der Waals surface area (Å²) in [5.41, 5.74) is 2.44. The lowest BCUT2D eigenvalue weighted by atomic mass is 10.1. The molecule has 7 nitrogen and oxygen atoms in total. The maximum Gasteiger partial charge on any atom is 0.258 e. The highest BCUT2D eigenvalue weighted by Crippen LogP contribution is 2.32. The van der Waals surface area contributed by atoms with Gasteiger partial charge in [-0.3, -0.25) is 9.78 Å². The Hall–Kier alpha value is -3.65. The number of aromatic hydroxyl groups is 1. The minimum absolute atomic E-state index is 0. The van der Waals surface area contributed by atoms with Crippen molar-refractivity contribution in [1.29, 1.82) is 0 Å². The van der Waals surface area contributed by atoms with Crippen molar-refractivity contribution in [2.75, 3.05) is 14.2 Å². The zero-order valence-corrected chi connectivity index (χ0v) is 18.4. The molecule has 0 unspecified atom stereocenters. The molecule has 0 aliphatic rings. The first-order chi connectivity index (χ1) is 14.9. The number of aromatic nitrogens is 3. The first kappa shape index (κ1) is 23.0. The number of hydrogen-bond acceptors (Lipinski definition) is 6. The number of aromatic amines is 1. The van der Waals surface area contributed by atoms with Crippen LogP contribution in [0.4, 0.5) is 4.39 Å². The predicted octanol–water partition coefficient (Wildman–Crippen LogP) is 4.17. The molecule has 0 radical (unpaired) electrons. The summed E-state index contributed by atoms with van der Waals surface area (Å²) in [7, 11) is 3.02. The van der Waals surface area contributed by atoms with Gasteiger partial charge in [-0.25, -0.2) is 9.37 Å². The van der Waals surface area contributed by atoms with Crippen LogP contribution in [-0.2, 0) is 6.42 Å². The Balaban J connectivity index is 0.00000289. The third kappa shape index (κ3) is 4.36. The Morgan fingerprint density at radius 3 is 2.47 bits per heavy atom. The maximum atomic E-state index is 13.8. The molecule has 9 heteroatoms. The molecule has 0 amide bonds. The van der Waals surface area contributed by atoms with Crippen LogP contribution in [0.5, 0.6) is 17.2 Å². The topological polar surface area (TPSA) is 97.3 Å². The second-order valence-corrected chi connectivity index (χ2v) is 7.11. The van der Waals surface area contributed by atoms with E-state index < -0.39 is 11.6 Å². The van der Waals surface area contributed by atoms with Crippen molar-refractivity contribution in [3.63, 3.8) is 0 Å². The van der Waals surface area contributed by atoms with Crippen molar-refractivity contribution in [3.8, 4) is 28.5 Å². The van der Waals surface area contributed by atoms with E-state index in [0.29, 0.717) is 51.5 Å². The third-order valence-corrected chi connectivity index (χ3v) is 4.94. The van der Waals surface area contributed by atoms with Crippen LogP contribution in [-0.4, -0.2) is 34.3 Å². The zero-order chi connectivity index (χ0) is 22.1. The number of H-pyrrole nitrogens is 1. The van der Waals surface area contributed by atoms with Crippen LogP contribution in [0.15, 0.2) is 47.4 Å². The lowest BCUT2D eigenvalue weighted by molar-refractivity contribution is 0.355. The molecule has 166 valence electrons. The van der Waals surface area contributed by atoms with E-state index in [-0.39, 0.29) is 18.0 Å². The highest BCUT2D eigenvalue weighted by Gasteiger charge is 2.13. The average Bonchev–Trinajstić information content (AvgIpc) is 2.76. The molecule has 0 aliphatic heterocycles. The van der Waals surface area contributed by atoms with Gasteiger partial charge in [0.05, 0.1) is 30.8 Å². The Morgan fingerprint density at radius 1 is 1.09 bits per heavy atom. The molecule has 0 atom stereocenters. The van der Waals surface area contributed by atoms with Gasteiger partial charge >= 0.3 is 0 Å². The van der Waals surface area contributed by atoms with Gasteiger partial charge in [-0.15, -0.1) is 12.4 Å². The minimum atomic E-state index is -0.689. The predicted molar refractivity (Wildman–Crippen MR) is 122 cm³/mol. The molecule has 2 N–H and O–H groups in total. The fourth-order valence-electron chi connectivity index (χ4n) is 3.41. The molecule has 2 aromatic heterocycles. The van der Waals surface area contributed by atoms with Crippen LogP contribution in [0.1, 0.15) is 17.0 Å². The molecule has 32 heavy (non-hydrogen) atoms. The molecule has 0 aliphatic carbocycles. The normalized spacial score (nSPS) is 10.6. The van der Waals surface area contributed by atoms with E-state index in [1.54, 1.807) is 43.5 Å². The summed E-state index contributed by atoms with van der Waals surface area (Å²) in [6.07, 6.45) is 1.94. The maximum absolute atomic E-state index is 13.8. The molecule has 2 heterocycles. The number of methoxy groups -OCH3 is 2. The Kier molecular flexibility index (Phi) is 6.64. The SMILES string of the molecule is COc1cc2nc(Cc3ccc(-c4cc(C)cc(F)c4O)nc3)[nH]c(=O)c2cc1OC.Cl. The molecule has 0 saturated carbocycles. The van der Waals surface area contributed by atoms with Crippen molar-refractivity contribution in [2.24, 2.45) is 0 Å². The highest BCUT2D eigenvalue weighted by molar-refractivity contribution is 5.85. The van der Waals surface area contributed by atoms with E-state index in [9.17, 15) is 14.3 Å². The first-order valence-corrected chi connectivity index (χ1v) is 9.49. The molecule has 0 bridgehead atoms. The van der Waals surface area contributed by atoms with E-state index in [0.717, 1.165) is 5.56 Å². The van der Waals surface area contributed by atoms with Gasteiger partial charge in [-0.2, -0.15) is 0 Å². The van der Waals surface area contributed by atoms with Crippen LogP contribution in [0.2, 0.25) is 0 Å². The molecular formula is C23H21ClFN3O4. The Morgan fingerprint density at radius 2 is 1.81 bits per heavy atom. The molecule has 2 aromatic carbocycles. The van der Waals surface area contributed by atoms with Gasteiger partial charge in [-0.1, -0.05) is 6.07 Å². The highest BCUT2D eigenvalue weighted by atomic mass is 35.5. The van der Waals surface area contributed by atoms with Crippen LogP contribution in [0.3, 0.4) is 0 Å². The van der Waals surface area contributed by atoms with Gasteiger partial charge in [0.25, 0.3) is 5.56 Å². The fourth-order valence-corrected chi connectivity index (χ4v) is 3.41. The van der Waals surface area contributed by atoms with Gasteiger partial charge in [-0.05, 0) is 42.3 Å². The summed E-state index contributed by atoms with van der Waals surface area (Å²) in [4.78, 5) is 24.2. The fraction of sp³-hybridized carbons (Fsp3) is 0.174. The molecule has 0 fully saturated rings. The van der Waals surface area contributed by atoms with Gasteiger partial charge in [0, 0.05) is 24.2 Å². The van der Waals surface area contributed by atoms with Crippen molar-refractivity contribution < 1.29 is 19.0 Å². The average molecular weight is 458 g/mol. The van der Waals surface area contributed by atoms with E-state index in [1.165, 1.54) is 20.3 Å². The number of nitrogens with one attached hydrogen (secondary N) is 1. The standard InChI is InChI=1S/C23H20FN3O4.ClH/c1-12-6-14(22(28)16(24)7-12)17-5-4-13(11-25-17)8-21-26-18-10-20(31-3)19(30-2)9-15(18)23(29)27-21;/h4-7,9-11,28H,8H2,1-3H3,(H,26,27,29);1H. The van der Waals surface area contributed by atoms with Gasteiger partial charge in [0.1, 0.15) is 5.82 Å². The number of pyridine rings is 1. The monoisotopic (exact) mass is 457 g/mol. The van der Waals surface area contributed by atoms with Crippen molar-refractivity contribution in [3.05, 3.63) is 75.7 Å². The Labute approximate surface area is 189 Å². The molecular weight excluding hydrogens is 437 g/mol. The number of fused-ring (bicyclic) bond motifs is 1. The van der Waals surface area contributed by atoms with Gasteiger partial charge < -0.3 is 19.6 Å². The quantitative estimate of drug-likeness (QED) is 0.467.